The lowest BCUT2D eigenvalue weighted by molar-refractivity contribution is 0.0706. The number of aryl methyl sites for hydroxylation is 2. The number of rotatable bonds is 6. The van der Waals surface area contributed by atoms with Crippen molar-refractivity contribution in [3.63, 3.8) is 0 Å². The van der Waals surface area contributed by atoms with Gasteiger partial charge in [0, 0.05) is 45.4 Å². The Morgan fingerprint density at radius 2 is 1.79 bits per heavy atom. The molecule has 0 fully saturated rings. The van der Waals surface area contributed by atoms with Gasteiger partial charge in [-0.25, -0.2) is 0 Å². The third-order valence-corrected chi connectivity index (χ3v) is 5.41. The molecule has 0 aromatic carbocycles. The Kier molecular flexibility index (Phi) is 5.86. The van der Waals surface area contributed by atoms with Gasteiger partial charge in [0.1, 0.15) is 12.0 Å². The van der Waals surface area contributed by atoms with E-state index in [-0.39, 0.29) is 17.7 Å². The van der Waals surface area contributed by atoms with Gasteiger partial charge in [-0.1, -0.05) is 19.0 Å². The second kappa shape index (κ2) is 8.16. The molecule has 152 valence electrons. The van der Waals surface area contributed by atoms with Gasteiger partial charge in [0.2, 0.25) is 0 Å². The van der Waals surface area contributed by atoms with E-state index in [0.29, 0.717) is 24.5 Å². The molecule has 8 heteroatoms. The molecule has 0 N–H and O–H groups in total. The molecular formula is C20H29N5O3. The van der Waals surface area contributed by atoms with Gasteiger partial charge in [0.25, 0.3) is 11.8 Å². The average Bonchev–Trinajstić information content (AvgIpc) is 3.28. The molecule has 0 saturated carbocycles. The van der Waals surface area contributed by atoms with Crippen LogP contribution in [0.4, 0.5) is 0 Å². The quantitative estimate of drug-likeness (QED) is 0.759. The summed E-state index contributed by atoms with van der Waals surface area (Å²) in [6.07, 6.45) is 5.58. The summed E-state index contributed by atoms with van der Waals surface area (Å²) in [6.45, 7) is 4.82. The van der Waals surface area contributed by atoms with Gasteiger partial charge in [-0.2, -0.15) is 5.10 Å². The SMILES string of the molecule is CC(C)c1conc1C(=O)N(C)CCN(C)C(=O)c1c2c(nn1C)CCCC2. The van der Waals surface area contributed by atoms with Gasteiger partial charge >= 0.3 is 0 Å². The van der Waals surface area contributed by atoms with Gasteiger partial charge in [0.15, 0.2) is 5.69 Å². The van der Waals surface area contributed by atoms with Crippen LogP contribution in [0.15, 0.2) is 10.8 Å². The number of hydrogen-bond acceptors (Lipinski definition) is 5. The van der Waals surface area contributed by atoms with Crippen LogP contribution in [0.25, 0.3) is 0 Å². The number of aromatic nitrogens is 3. The molecule has 2 heterocycles. The van der Waals surface area contributed by atoms with Crippen molar-refractivity contribution in [1.82, 2.24) is 24.7 Å². The molecule has 3 rings (SSSR count). The third-order valence-electron chi connectivity index (χ3n) is 5.41. The highest BCUT2D eigenvalue weighted by Crippen LogP contribution is 2.24. The number of fused-ring (bicyclic) bond motifs is 1. The minimum absolute atomic E-state index is 0.0525. The van der Waals surface area contributed by atoms with Crippen molar-refractivity contribution in [2.75, 3.05) is 27.2 Å². The van der Waals surface area contributed by atoms with Gasteiger partial charge in [-0.15, -0.1) is 0 Å². The van der Waals surface area contributed by atoms with E-state index in [4.69, 9.17) is 4.52 Å². The first kappa shape index (κ1) is 20.1. The van der Waals surface area contributed by atoms with Crippen molar-refractivity contribution in [2.45, 2.75) is 45.4 Å². The fourth-order valence-corrected chi connectivity index (χ4v) is 3.63. The molecule has 0 aliphatic heterocycles. The van der Waals surface area contributed by atoms with E-state index in [2.05, 4.69) is 10.3 Å². The Balaban J connectivity index is 1.64. The maximum Gasteiger partial charge on any atom is 0.276 e. The molecule has 0 radical (unpaired) electrons. The summed E-state index contributed by atoms with van der Waals surface area (Å²) in [7, 11) is 5.30. The zero-order valence-corrected chi connectivity index (χ0v) is 17.4. The van der Waals surface area contributed by atoms with Crippen molar-refractivity contribution >= 4 is 11.8 Å². The fourth-order valence-electron chi connectivity index (χ4n) is 3.63. The summed E-state index contributed by atoms with van der Waals surface area (Å²) in [4.78, 5) is 28.9. The van der Waals surface area contributed by atoms with Crippen LogP contribution < -0.4 is 0 Å². The highest BCUT2D eigenvalue weighted by molar-refractivity contribution is 5.95. The summed E-state index contributed by atoms with van der Waals surface area (Å²) in [5.41, 5.74) is 3.93. The predicted octanol–water partition coefficient (Wildman–Crippen LogP) is 2.25. The van der Waals surface area contributed by atoms with E-state index in [1.165, 1.54) is 6.26 Å². The molecule has 0 spiro atoms. The molecule has 2 aromatic heterocycles. The van der Waals surface area contributed by atoms with E-state index in [1.54, 1.807) is 28.6 Å². The number of carbonyl (C=O) groups excluding carboxylic acids is 2. The molecule has 1 aliphatic carbocycles. The summed E-state index contributed by atoms with van der Waals surface area (Å²) >= 11 is 0. The summed E-state index contributed by atoms with van der Waals surface area (Å²) in [5.74, 6) is -0.0987. The van der Waals surface area contributed by atoms with E-state index < -0.39 is 0 Å². The Morgan fingerprint density at radius 1 is 1.14 bits per heavy atom. The van der Waals surface area contributed by atoms with Crippen LogP contribution in [0.3, 0.4) is 0 Å². The average molecular weight is 387 g/mol. The number of nitrogens with zero attached hydrogens (tertiary/aromatic N) is 5. The Hall–Kier alpha value is -2.64. The minimum atomic E-state index is -0.198. The first-order chi connectivity index (χ1) is 13.3. The van der Waals surface area contributed by atoms with Crippen molar-refractivity contribution in [3.05, 3.63) is 34.5 Å². The van der Waals surface area contributed by atoms with Crippen molar-refractivity contribution in [1.29, 1.82) is 0 Å². The van der Waals surface area contributed by atoms with E-state index in [9.17, 15) is 9.59 Å². The Bertz CT molecular complexity index is 867. The van der Waals surface area contributed by atoms with Gasteiger partial charge in [-0.05, 0) is 31.6 Å². The number of carbonyl (C=O) groups is 2. The number of likely N-dealkylation sites (N-methyl/N-ethyl adjacent to an activating group) is 2. The molecule has 1 aliphatic rings. The molecule has 28 heavy (non-hydrogen) atoms. The smallest absolute Gasteiger partial charge is 0.276 e. The Labute approximate surface area is 165 Å². The summed E-state index contributed by atoms with van der Waals surface area (Å²) < 4.78 is 6.69. The van der Waals surface area contributed by atoms with Crippen LogP contribution in [0.1, 0.15) is 70.4 Å². The highest BCUT2D eigenvalue weighted by atomic mass is 16.5. The minimum Gasteiger partial charge on any atom is -0.364 e. The zero-order chi connectivity index (χ0) is 20.4. The van der Waals surface area contributed by atoms with E-state index in [0.717, 1.165) is 42.5 Å². The molecule has 0 unspecified atom stereocenters. The normalized spacial score (nSPS) is 13.5. The van der Waals surface area contributed by atoms with Crippen LogP contribution in [-0.4, -0.2) is 63.7 Å². The first-order valence-electron chi connectivity index (χ1n) is 9.81. The first-order valence-corrected chi connectivity index (χ1v) is 9.81. The van der Waals surface area contributed by atoms with Crippen LogP contribution in [0, 0.1) is 0 Å². The monoisotopic (exact) mass is 387 g/mol. The molecule has 2 aromatic rings. The molecule has 8 nitrogen and oxygen atoms in total. The topological polar surface area (TPSA) is 84.5 Å². The zero-order valence-electron chi connectivity index (χ0n) is 17.4. The third kappa shape index (κ3) is 3.81. The van der Waals surface area contributed by atoms with Crippen LogP contribution in [0.5, 0.6) is 0 Å². The van der Waals surface area contributed by atoms with Crippen molar-refractivity contribution < 1.29 is 14.1 Å². The van der Waals surface area contributed by atoms with Crippen molar-refractivity contribution in [3.8, 4) is 0 Å². The second-order valence-corrected chi connectivity index (χ2v) is 7.83. The van der Waals surface area contributed by atoms with Crippen molar-refractivity contribution in [2.24, 2.45) is 7.05 Å². The van der Waals surface area contributed by atoms with E-state index >= 15 is 0 Å². The maximum absolute atomic E-state index is 13.0. The molecule has 0 saturated heterocycles. The number of amides is 2. The molecule has 0 bridgehead atoms. The van der Waals surface area contributed by atoms with E-state index in [1.807, 2.05) is 20.9 Å². The Morgan fingerprint density at radius 3 is 2.46 bits per heavy atom. The lowest BCUT2D eigenvalue weighted by Crippen LogP contribution is -2.38. The molecule has 0 atom stereocenters. The van der Waals surface area contributed by atoms with Crippen LogP contribution >= 0.6 is 0 Å². The molecular weight excluding hydrogens is 358 g/mol. The van der Waals surface area contributed by atoms with Gasteiger partial charge in [0.05, 0.1) is 5.69 Å². The summed E-state index contributed by atoms with van der Waals surface area (Å²) in [6, 6.07) is 0. The maximum atomic E-state index is 13.0. The lowest BCUT2D eigenvalue weighted by atomic mass is 9.95. The van der Waals surface area contributed by atoms with Crippen LogP contribution in [0.2, 0.25) is 0 Å². The predicted molar refractivity (Wildman–Crippen MR) is 104 cm³/mol. The standard InChI is InChI=1S/C20H29N5O3/c1-13(2)15-12-28-22-17(15)19(26)23(3)10-11-24(4)20(27)18-14-8-6-7-9-16(14)21-25(18)5/h12-13H,6-11H2,1-5H3. The largest absolute Gasteiger partial charge is 0.364 e. The lowest BCUT2D eigenvalue weighted by Gasteiger charge is -2.23. The van der Waals surface area contributed by atoms with Crippen LogP contribution in [-0.2, 0) is 19.9 Å². The molecule has 2 amide bonds. The number of hydrogen-bond donors (Lipinski definition) is 0. The fraction of sp³-hybridized carbons (Fsp3) is 0.600. The highest BCUT2D eigenvalue weighted by Gasteiger charge is 2.27. The second-order valence-electron chi connectivity index (χ2n) is 7.83. The van der Waals surface area contributed by atoms with Gasteiger partial charge < -0.3 is 14.3 Å². The van der Waals surface area contributed by atoms with Gasteiger partial charge in [-0.3, -0.25) is 14.3 Å². The summed E-state index contributed by atoms with van der Waals surface area (Å²) in [5, 5.41) is 8.39.